The molecule has 0 aromatic rings. The van der Waals surface area contributed by atoms with Crippen molar-refractivity contribution in [2.24, 2.45) is 11.8 Å². The van der Waals surface area contributed by atoms with E-state index in [1.165, 1.54) is 0 Å². The van der Waals surface area contributed by atoms with Crippen LogP contribution in [0.5, 0.6) is 0 Å². The summed E-state index contributed by atoms with van der Waals surface area (Å²) in [6, 6.07) is 6.08. The molecule has 0 unspecified atom stereocenters. The third-order valence-corrected chi connectivity index (χ3v) is 12.6. The summed E-state index contributed by atoms with van der Waals surface area (Å²) in [7, 11) is -3.34. The number of rotatable bonds is 8. The van der Waals surface area contributed by atoms with Gasteiger partial charge in [-0.2, -0.15) is 0 Å². The quantitative estimate of drug-likeness (QED) is 0.374. The van der Waals surface area contributed by atoms with Crippen molar-refractivity contribution in [1.29, 1.82) is 0 Å². The third-order valence-electron chi connectivity index (χ3n) is 4.68. The summed E-state index contributed by atoms with van der Waals surface area (Å²) in [5, 5.41) is 16.3. The largest absolute Gasteiger partial charge is 0.432 e. The van der Waals surface area contributed by atoms with E-state index in [4.69, 9.17) is 10.2 Å². The van der Waals surface area contributed by atoms with Crippen molar-refractivity contribution in [3.63, 3.8) is 0 Å². The zero-order valence-electron chi connectivity index (χ0n) is 20.1. The standard InChI is InChI=1S/2C6H16OSi.2C4H10O.Ti/c2*1-4-8(7,5-2)6-3;2*1-4(2)3-5;/h2*7H,4-6H2,1-3H3;2*4-5H,3H2,1-2H3;. The third kappa shape index (κ3) is 31.9. The molecule has 0 heterocycles. The topological polar surface area (TPSA) is 80.9 Å². The van der Waals surface area contributed by atoms with Gasteiger partial charge in [0, 0.05) is 34.9 Å². The minimum atomic E-state index is -1.67. The van der Waals surface area contributed by atoms with E-state index < -0.39 is 16.6 Å². The Morgan fingerprint density at radius 1 is 0.519 bits per heavy atom. The fourth-order valence-corrected chi connectivity index (χ4v) is 4.50. The molecule has 4 nitrogen and oxygen atoms in total. The maximum atomic E-state index is 9.58. The van der Waals surface area contributed by atoms with Crippen LogP contribution in [-0.4, -0.2) is 49.7 Å². The molecule has 0 fully saturated rings. The van der Waals surface area contributed by atoms with Crippen molar-refractivity contribution in [1.82, 2.24) is 0 Å². The van der Waals surface area contributed by atoms with Gasteiger partial charge < -0.3 is 19.8 Å². The van der Waals surface area contributed by atoms with E-state index in [-0.39, 0.29) is 21.7 Å². The molecule has 4 N–H and O–H groups in total. The fourth-order valence-electron chi connectivity index (χ4n) is 1.50. The van der Waals surface area contributed by atoms with Crippen LogP contribution in [0.4, 0.5) is 0 Å². The van der Waals surface area contributed by atoms with Crippen LogP contribution in [0.25, 0.3) is 0 Å². The molecule has 0 rings (SSSR count). The predicted molar refractivity (Wildman–Crippen MR) is 123 cm³/mol. The molecule has 0 radical (unpaired) electrons. The number of aliphatic hydroxyl groups excluding tert-OH is 2. The second kappa shape index (κ2) is 25.0. The Bertz CT molecular complexity index is 218. The van der Waals surface area contributed by atoms with Gasteiger partial charge in [0.05, 0.1) is 0 Å². The molecule has 0 saturated heterocycles. The van der Waals surface area contributed by atoms with Crippen LogP contribution < -0.4 is 0 Å². The van der Waals surface area contributed by atoms with Crippen LogP contribution in [-0.2, 0) is 21.7 Å². The molecular weight excluding hydrogens is 408 g/mol. The van der Waals surface area contributed by atoms with Crippen LogP contribution in [0, 0.1) is 11.8 Å². The molecule has 0 bridgehead atoms. The molecule has 0 atom stereocenters. The van der Waals surface area contributed by atoms with Crippen molar-refractivity contribution in [2.75, 3.05) is 13.2 Å². The van der Waals surface area contributed by atoms with E-state index in [0.29, 0.717) is 25.0 Å². The molecule has 0 amide bonds. The van der Waals surface area contributed by atoms with Gasteiger partial charge in [0.25, 0.3) is 0 Å². The minimum absolute atomic E-state index is 0. The summed E-state index contributed by atoms with van der Waals surface area (Å²) < 4.78 is 0. The first-order valence-electron chi connectivity index (χ1n) is 10.6. The van der Waals surface area contributed by atoms with Gasteiger partial charge in [-0.1, -0.05) is 69.2 Å². The average Bonchev–Trinajstić information content (AvgIpc) is 2.67. The van der Waals surface area contributed by atoms with Crippen molar-refractivity contribution < 1.29 is 41.5 Å². The fraction of sp³-hybridized carbons (Fsp3) is 1.00. The average molecular weight is 461 g/mol. The Kier molecular flexibility index (Phi) is 35.8. The van der Waals surface area contributed by atoms with Gasteiger partial charge in [0.15, 0.2) is 16.6 Å². The Hall–Kier alpha value is 0.988. The number of hydrogen-bond acceptors (Lipinski definition) is 4. The van der Waals surface area contributed by atoms with Crippen LogP contribution in [0.15, 0.2) is 0 Å². The summed E-state index contributed by atoms with van der Waals surface area (Å²) in [6.45, 7) is 21.0. The molecule has 0 saturated carbocycles. The van der Waals surface area contributed by atoms with Gasteiger partial charge >= 0.3 is 0 Å². The molecule has 7 heteroatoms. The molecule has 0 aromatic carbocycles. The zero-order valence-corrected chi connectivity index (χ0v) is 23.7. The van der Waals surface area contributed by atoms with Crippen LogP contribution in [0.1, 0.15) is 69.2 Å². The normalized spacial score (nSPS) is 10.7. The van der Waals surface area contributed by atoms with Crippen LogP contribution in [0.3, 0.4) is 0 Å². The summed E-state index contributed by atoms with van der Waals surface area (Å²) in [4.78, 5) is 19.2. The second-order valence-corrected chi connectivity index (χ2v) is 16.9. The molecule has 0 aliphatic rings. The predicted octanol–water partition coefficient (Wildman–Crippen LogP) is 5.23. The summed E-state index contributed by atoms with van der Waals surface area (Å²) >= 11 is 0. The number of aliphatic hydroxyl groups is 2. The molecule has 0 aromatic heterocycles. The minimum Gasteiger partial charge on any atom is -0.432 e. The summed E-state index contributed by atoms with van der Waals surface area (Å²) in [5.41, 5.74) is 0. The van der Waals surface area contributed by atoms with E-state index in [9.17, 15) is 9.59 Å². The van der Waals surface area contributed by atoms with Gasteiger partial charge in [-0.25, -0.2) is 0 Å². The Labute approximate surface area is 188 Å². The van der Waals surface area contributed by atoms with E-state index >= 15 is 0 Å². The molecule has 27 heavy (non-hydrogen) atoms. The Balaban J connectivity index is -0.0000000807. The molecule has 168 valence electrons. The zero-order chi connectivity index (χ0) is 21.8. The molecule has 0 aliphatic carbocycles. The first-order chi connectivity index (χ1) is 11.9. The van der Waals surface area contributed by atoms with E-state index in [2.05, 4.69) is 41.5 Å². The molecular formula is C20H52O4Si2Ti. The Morgan fingerprint density at radius 2 is 0.630 bits per heavy atom. The van der Waals surface area contributed by atoms with Gasteiger partial charge in [-0.3, -0.25) is 0 Å². The maximum absolute atomic E-state index is 9.58. The maximum Gasteiger partial charge on any atom is 0.187 e. The summed E-state index contributed by atoms with van der Waals surface area (Å²) in [6.07, 6.45) is 0. The summed E-state index contributed by atoms with van der Waals surface area (Å²) in [5.74, 6) is 0.880. The first kappa shape index (κ1) is 38.6. The van der Waals surface area contributed by atoms with Crippen molar-refractivity contribution in [3.05, 3.63) is 0 Å². The van der Waals surface area contributed by atoms with Crippen molar-refractivity contribution >= 4 is 16.6 Å². The van der Waals surface area contributed by atoms with Gasteiger partial charge in [-0.05, 0) is 48.1 Å². The van der Waals surface area contributed by atoms with Crippen LogP contribution in [0.2, 0.25) is 36.3 Å². The molecule has 0 spiro atoms. The van der Waals surface area contributed by atoms with Gasteiger partial charge in [-0.15, -0.1) is 0 Å². The Morgan fingerprint density at radius 3 is 0.630 bits per heavy atom. The SMILES string of the molecule is CC(C)CO.CC(C)CO.CC[Si](O)(CC)CC.CC[Si](O)(CC)CC.[Ti]. The van der Waals surface area contributed by atoms with E-state index in [1.54, 1.807) is 0 Å². The van der Waals surface area contributed by atoms with E-state index in [1.807, 2.05) is 27.7 Å². The smallest absolute Gasteiger partial charge is 0.187 e. The first-order valence-corrected chi connectivity index (χ1v) is 15.7. The monoisotopic (exact) mass is 460 g/mol. The van der Waals surface area contributed by atoms with E-state index in [0.717, 1.165) is 36.3 Å². The molecule has 0 aliphatic heterocycles. The van der Waals surface area contributed by atoms with Gasteiger partial charge in [0.2, 0.25) is 0 Å². The van der Waals surface area contributed by atoms with Gasteiger partial charge in [0.1, 0.15) is 0 Å². The number of hydrogen-bond donors (Lipinski definition) is 4. The second-order valence-electron chi connectivity index (χ2n) is 7.72. The van der Waals surface area contributed by atoms with Crippen molar-refractivity contribution in [3.8, 4) is 0 Å². The van der Waals surface area contributed by atoms with Crippen molar-refractivity contribution in [2.45, 2.75) is 106 Å². The van der Waals surface area contributed by atoms with Crippen LogP contribution >= 0.6 is 0 Å².